The molecule has 1 fully saturated rings. The summed E-state index contributed by atoms with van der Waals surface area (Å²) >= 11 is 3.20. The first kappa shape index (κ1) is 15.8. The number of likely N-dealkylation sites (tertiary alicyclic amines) is 1. The molecule has 0 saturated carbocycles. The van der Waals surface area contributed by atoms with Gasteiger partial charge in [0.2, 0.25) is 11.8 Å². The van der Waals surface area contributed by atoms with Crippen molar-refractivity contribution in [2.24, 2.45) is 0 Å². The van der Waals surface area contributed by atoms with Crippen LogP contribution in [0.15, 0.2) is 33.6 Å². The van der Waals surface area contributed by atoms with Gasteiger partial charge < -0.3 is 18.8 Å². The Morgan fingerprint density at radius 1 is 1.39 bits per heavy atom. The lowest BCUT2D eigenvalue weighted by atomic mass is 10.1. The highest BCUT2D eigenvalue weighted by Crippen LogP contribution is 2.21. The van der Waals surface area contributed by atoms with Crippen LogP contribution < -0.4 is 9.47 Å². The first-order chi connectivity index (χ1) is 11.2. The molecule has 0 aromatic carbocycles. The van der Waals surface area contributed by atoms with Gasteiger partial charge in [0.1, 0.15) is 6.10 Å². The van der Waals surface area contributed by atoms with E-state index >= 15 is 0 Å². The molecule has 1 amide bonds. The lowest BCUT2D eigenvalue weighted by Gasteiger charge is -2.32. The summed E-state index contributed by atoms with van der Waals surface area (Å²) in [7, 11) is 1.52. The van der Waals surface area contributed by atoms with E-state index in [1.54, 1.807) is 17.0 Å². The van der Waals surface area contributed by atoms with Crippen LogP contribution in [0.3, 0.4) is 0 Å². The van der Waals surface area contributed by atoms with E-state index in [0.717, 1.165) is 12.8 Å². The van der Waals surface area contributed by atoms with Gasteiger partial charge in [0.15, 0.2) is 10.4 Å². The molecular formula is C15H16BrN3O4. The van der Waals surface area contributed by atoms with Crippen LogP contribution >= 0.6 is 15.9 Å². The van der Waals surface area contributed by atoms with Gasteiger partial charge in [-0.1, -0.05) is 0 Å². The number of carbonyl (C=O) groups is 1. The second kappa shape index (κ2) is 6.99. The van der Waals surface area contributed by atoms with E-state index in [1.807, 2.05) is 0 Å². The summed E-state index contributed by atoms with van der Waals surface area (Å²) in [5, 5.41) is 0. The number of amides is 1. The molecule has 8 heteroatoms. The second-order valence-corrected chi connectivity index (χ2v) is 5.92. The van der Waals surface area contributed by atoms with E-state index in [0.29, 0.717) is 35.3 Å². The lowest BCUT2D eigenvalue weighted by Crippen LogP contribution is -2.44. The molecule has 2 aromatic heterocycles. The van der Waals surface area contributed by atoms with Crippen LogP contribution in [-0.4, -0.2) is 47.1 Å². The van der Waals surface area contributed by atoms with Gasteiger partial charge >= 0.3 is 0 Å². The monoisotopic (exact) mass is 381 g/mol. The average Bonchev–Trinajstić information content (AvgIpc) is 3.01. The fourth-order valence-electron chi connectivity index (χ4n) is 2.46. The zero-order chi connectivity index (χ0) is 16.2. The molecular weight excluding hydrogens is 366 g/mol. The third kappa shape index (κ3) is 3.82. The number of furan rings is 1. The van der Waals surface area contributed by atoms with E-state index in [4.69, 9.17) is 13.9 Å². The van der Waals surface area contributed by atoms with Crippen LogP contribution in [0.5, 0.6) is 11.8 Å². The van der Waals surface area contributed by atoms with Crippen LogP contribution in [0.25, 0.3) is 0 Å². The maximum absolute atomic E-state index is 12.4. The zero-order valence-corrected chi connectivity index (χ0v) is 14.2. The minimum atomic E-state index is -0.138. The molecule has 0 bridgehead atoms. The summed E-state index contributed by atoms with van der Waals surface area (Å²) in [6, 6.07) is 3.36. The molecule has 23 heavy (non-hydrogen) atoms. The molecule has 3 heterocycles. The summed E-state index contributed by atoms with van der Waals surface area (Å²) in [5.41, 5.74) is 0. The lowest BCUT2D eigenvalue weighted by molar-refractivity contribution is 0.0497. The normalized spacial score (nSPS) is 17.8. The number of ether oxygens (including phenoxy) is 2. The topological polar surface area (TPSA) is 77.7 Å². The van der Waals surface area contributed by atoms with Gasteiger partial charge in [-0.15, -0.1) is 0 Å². The Kier molecular flexibility index (Phi) is 4.80. The Labute approximate surface area is 141 Å². The van der Waals surface area contributed by atoms with Gasteiger partial charge in [0.05, 0.1) is 26.0 Å². The fraction of sp³-hybridized carbons (Fsp3) is 0.400. The highest BCUT2D eigenvalue weighted by molar-refractivity contribution is 9.10. The fourth-order valence-corrected chi connectivity index (χ4v) is 2.77. The van der Waals surface area contributed by atoms with Gasteiger partial charge in [-0.3, -0.25) is 9.78 Å². The van der Waals surface area contributed by atoms with Gasteiger partial charge in [-0.25, -0.2) is 0 Å². The highest BCUT2D eigenvalue weighted by Gasteiger charge is 2.27. The zero-order valence-electron chi connectivity index (χ0n) is 12.6. The summed E-state index contributed by atoms with van der Waals surface area (Å²) in [6.45, 7) is 1.16. The maximum atomic E-state index is 12.4. The number of rotatable bonds is 4. The van der Waals surface area contributed by atoms with E-state index in [-0.39, 0.29) is 12.0 Å². The van der Waals surface area contributed by atoms with Crippen molar-refractivity contribution in [3.8, 4) is 11.8 Å². The second-order valence-electron chi connectivity index (χ2n) is 5.14. The number of aromatic nitrogens is 2. The molecule has 122 valence electrons. The largest absolute Gasteiger partial charge is 0.480 e. The molecule has 0 radical (unpaired) electrons. The molecule has 3 rings (SSSR count). The maximum Gasteiger partial charge on any atom is 0.289 e. The average molecular weight is 382 g/mol. The van der Waals surface area contributed by atoms with Crippen LogP contribution in [0, 0.1) is 0 Å². The van der Waals surface area contributed by atoms with Crippen molar-refractivity contribution in [3.63, 3.8) is 0 Å². The predicted octanol–water partition coefficient (Wildman–Crippen LogP) is 2.52. The third-order valence-corrected chi connectivity index (χ3v) is 3.96. The molecule has 1 aliphatic heterocycles. The van der Waals surface area contributed by atoms with E-state index < -0.39 is 0 Å². The minimum absolute atomic E-state index is 0.132. The standard InChI is InChI=1S/C15H16BrN3O4/c1-21-13-7-17-8-14(18-13)22-10-3-2-6-19(9-10)15(20)11-4-5-12(16)23-11/h4-5,7-8,10H,2-3,6,9H2,1H3/t10-/m0/s1. The molecule has 0 aliphatic carbocycles. The molecule has 0 spiro atoms. The number of hydrogen-bond acceptors (Lipinski definition) is 6. The van der Waals surface area contributed by atoms with Crippen LogP contribution in [-0.2, 0) is 0 Å². The Bertz CT molecular complexity index is 691. The predicted molar refractivity (Wildman–Crippen MR) is 84.5 cm³/mol. The Morgan fingerprint density at radius 3 is 2.96 bits per heavy atom. The third-order valence-electron chi connectivity index (χ3n) is 3.54. The van der Waals surface area contributed by atoms with Crippen LogP contribution in [0.4, 0.5) is 0 Å². The van der Waals surface area contributed by atoms with Crippen molar-refractivity contribution in [1.29, 1.82) is 0 Å². The van der Waals surface area contributed by atoms with Crippen molar-refractivity contribution in [2.75, 3.05) is 20.2 Å². The summed E-state index contributed by atoms with van der Waals surface area (Å²) < 4.78 is 16.7. The molecule has 1 saturated heterocycles. The van der Waals surface area contributed by atoms with E-state index in [2.05, 4.69) is 25.9 Å². The molecule has 1 atom stereocenters. The van der Waals surface area contributed by atoms with E-state index in [9.17, 15) is 4.79 Å². The number of methoxy groups -OCH3 is 1. The smallest absolute Gasteiger partial charge is 0.289 e. The summed E-state index contributed by atoms with van der Waals surface area (Å²) in [4.78, 5) is 22.3. The summed E-state index contributed by atoms with van der Waals surface area (Å²) in [5.74, 6) is 0.968. The van der Waals surface area contributed by atoms with Crippen molar-refractivity contribution < 1.29 is 18.7 Å². The minimum Gasteiger partial charge on any atom is -0.480 e. The van der Waals surface area contributed by atoms with Gasteiger partial charge in [-0.05, 0) is 40.9 Å². The Hall–Kier alpha value is -2.09. The van der Waals surface area contributed by atoms with Crippen LogP contribution in [0.1, 0.15) is 23.4 Å². The van der Waals surface area contributed by atoms with Crippen molar-refractivity contribution in [2.45, 2.75) is 18.9 Å². The number of halogens is 1. The quantitative estimate of drug-likeness (QED) is 0.809. The Balaban J connectivity index is 1.64. The van der Waals surface area contributed by atoms with Gasteiger partial charge in [-0.2, -0.15) is 4.98 Å². The van der Waals surface area contributed by atoms with Crippen molar-refractivity contribution in [3.05, 3.63) is 35.0 Å². The summed E-state index contributed by atoms with van der Waals surface area (Å²) in [6.07, 6.45) is 4.62. The number of hydrogen-bond donors (Lipinski definition) is 0. The van der Waals surface area contributed by atoms with Gasteiger partial charge in [0, 0.05) is 6.54 Å². The molecule has 0 unspecified atom stereocenters. The van der Waals surface area contributed by atoms with Crippen molar-refractivity contribution >= 4 is 21.8 Å². The first-order valence-corrected chi connectivity index (χ1v) is 8.02. The number of carbonyl (C=O) groups excluding carboxylic acids is 1. The number of nitrogens with zero attached hydrogens (tertiary/aromatic N) is 3. The van der Waals surface area contributed by atoms with Gasteiger partial charge in [0.25, 0.3) is 5.91 Å². The number of piperidine rings is 1. The Morgan fingerprint density at radius 2 is 2.22 bits per heavy atom. The first-order valence-electron chi connectivity index (χ1n) is 7.23. The van der Waals surface area contributed by atoms with Crippen LogP contribution in [0.2, 0.25) is 0 Å². The van der Waals surface area contributed by atoms with Crippen molar-refractivity contribution in [1.82, 2.24) is 14.9 Å². The molecule has 0 N–H and O–H groups in total. The molecule has 1 aliphatic rings. The molecule has 7 nitrogen and oxygen atoms in total. The van der Waals surface area contributed by atoms with E-state index in [1.165, 1.54) is 19.5 Å². The highest BCUT2D eigenvalue weighted by atomic mass is 79.9. The SMILES string of the molecule is COc1cncc(O[C@H]2CCCN(C(=O)c3ccc(Br)o3)C2)n1. The molecule has 2 aromatic rings.